The van der Waals surface area contributed by atoms with Gasteiger partial charge in [0, 0.05) is 12.1 Å². The Morgan fingerprint density at radius 3 is 2.28 bits per heavy atom. The predicted molar refractivity (Wildman–Crippen MR) is 92.7 cm³/mol. The lowest BCUT2D eigenvalue weighted by molar-refractivity contribution is -0.145. The molecule has 0 radical (unpaired) electrons. The van der Waals surface area contributed by atoms with Gasteiger partial charge >= 0.3 is 5.97 Å². The van der Waals surface area contributed by atoms with Crippen LogP contribution in [0.5, 0.6) is 0 Å². The van der Waals surface area contributed by atoms with Crippen molar-refractivity contribution in [2.75, 3.05) is 6.54 Å². The van der Waals surface area contributed by atoms with Gasteiger partial charge in [0.1, 0.15) is 5.54 Å². The first-order chi connectivity index (χ1) is 11.8. The van der Waals surface area contributed by atoms with Crippen LogP contribution in [-0.2, 0) is 14.8 Å². The number of benzene rings is 1. The molecule has 0 aliphatic heterocycles. The van der Waals surface area contributed by atoms with Gasteiger partial charge in [-0.3, -0.25) is 4.79 Å². The van der Waals surface area contributed by atoms with E-state index in [1.807, 2.05) is 0 Å². The van der Waals surface area contributed by atoms with Gasteiger partial charge in [-0.1, -0.05) is 25.3 Å². The van der Waals surface area contributed by atoms with Gasteiger partial charge in [-0.25, -0.2) is 17.9 Å². The summed E-state index contributed by atoms with van der Waals surface area (Å²) in [6.45, 7) is 3.55. The van der Waals surface area contributed by atoms with Crippen LogP contribution in [0.3, 0.4) is 0 Å². The van der Waals surface area contributed by atoms with Gasteiger partial charge in [0.2, 0.25) is 10.0 Å². The predicted octanol–water partition coefficient (Wildman–Crippen LogP) is 1.67. The number of hydrogen-bond donors (Lipinski definition) is 3. The molecule has 1 aromatic rings. The molecule has 1 fully saturated rings. The second-order valence-electron chi connectivity index (χ2n) is 6.07. The van der Waals surface area contributed by atoms with Gasteiger partial charge in [0.05, 0.1) is 4.90 Å². The maximum absolute atomic E-state index is 12.4. The summed E-state index contributed by atoms with van der Waals surface area (Å²) in [5.41, 5.74) is -1.03. The molecule has 0 unspecified atom stereocenters. The molecule has 7 nitrogen and oxygen atoms in total. The van der Waals surface area contributed by atoms with Crippen LogP contribution in [-0.4, -0.2) is 37.5 Å². The molecule has 0 heterocycles. The number of carboxylic acids is 1. The zero-order chi connectivity index (χ0) is 18.5. The van der Waals surface area contributed by atoms with Crippen molar-refractivity contribution >= 4 is 21.9 Å². The van der Waals surface area contributed by atoms with Crippen molar-refractivity contribution in [1.82, 2.24) is 10.0 Å². The molecule has 0 spiro atoms. The summed E-state index contributed by atoms with van der Waals surface area (Å²) in [4.78, 5) is 24.0. The van der Waals surface area contributed by atoms with Gasteiger partial charge in [0.25, 0.3) is 5.91 Å². The molecule has 1 saturated carbocycles. The number of rotatable bonds is 7. The van der Waals surface area contributed by atoms with Gasteiger partial charge < -0.3 is 10.4 Å². The number of carbonyl (C=O) groups excluding carboxylic acids is 1. The highest BCUT2D eigenvalue weighted by Gasteiger charge is 2.41. The lowest BCUT2D eigenvalue weighted by Gasteiger charge is -2.34. The van der Waals surface area contributed by atoms with Crippen LogP contribution in [0.15, 0.2) is 41.8 Å². The van der Waals surface area contributed by atoms with Crippen LogP contribution in [0.1, 0.15) is 42.5 Å². The van der Waals surface area contributed by atoms with E-state index in [2.05, 4.69) is 16.6 Å². The number of aliphatic carboxylic acids is 1. The molecular formula is C17H22N2O5S. The van der Waals surface area contributed by atoms with Crippen molar-refractivity contribution in [1.29, 1.82) is 0 Å². The number of carboxylic acid groups (broad SMARTS) is 1. The molecule has 8 heteroatoms. The first kappa shape index (κ1) is 19.1. The number of amides is 1. The molecule has 1 aliphatic rings. The van der Waals surface area contributed by atoms with Crippen LogP contribution < -0.4 is 10.0 Å². The van der Waals surface area contributed by atoms with E-state index in [0.29, 0.717) is 12.8 Å². The van der Waals surface area contributed by atoms with E-state index in [1.165, 1.54) is 30.3 Å². The smallest absolute Gasteiger partial charge is 0.329 e. The van der Waals surface area contributed by atoms with Gasteiger partial charge in [-0.2, -0.15) is 0 Å². The number of carbonyl (C=O) groups is 2. The summed E-state index contributed by atoms with van der Waals surface area (Å²) in [6.07, 6.45) is 4.67. The van der Waals surface area contributed by atoms with E-state index in [1.54, 1.807) is 0 Å². The minimum absolute atomic E-state index is 0.0246. The Morgan fingerprint density at radius 1 is 1.16 bits per heavy atom. The lowest BCUT2D eigenvalue weighted by Crippen LogP contribution is -2.55. The van der Waals surface area contributed by atoms with E-state index in [-0.39, 0.29) is 17.0 Å². The molecule has 0 bridgehead atoms. The average molecular weight is 366 g/mol. The third kappa shape index (κ3) is 4.46. The van der Waals surface area contributed by atoms with Crippen molar-refractivity contribution in [3.8, 4) is 0 Å². The monoisotopic (exact) mass is 366 g/mol. The van der Waals surface area contributed by atoms with E-state index in [0.717, 1.165) is 19.3 Å². The van der Waals surface area contributed by atoms with Crippen LogP contribution in [0, 0.1) is 0 Å². The molecule has 1 aliphatic carbocycles. The Hall–Kier alpha value is -2.19. The second kappa shape index (κ2) is 7.79. The Kier molecular flexibility index (Phi) is 5.97. The summed E-state index contributed by atoms with van der Waals surface area (Å²) in [5.74, 6) is -1.55. The van der Waals surface area contributed by atoms with Crippen molar-refractivity contribution in [2.45, 2.75) is 42.5 Å². The Labute approximate surface area is 147 Å². The molecule has 0 atom stereocenters. The SMILES string of the molecule is C=CCNS(=O)(=O)c1ccc(C(=O)NC2(C(=O)O)CCCCC2)cc1. The molecule has 2 rings (SSSR count). The van der Waals surface area contributed by atoms with Gasteiger partial charge in [-0.15, -0.1) is 6.58 Å². The summed E-state index contributed by atoms with van der Waals surface area (Å²) in [5, 5.41) is 12.1. The normalized spacial score (nSPS) is 16.8. The van der Waals surface area contributed by atoms with E-state index < -0.39 is 27.4 Å². The molecule has 1 aromatic carbocycles. The fourth-order valence-electron chi connectivity index (χ4n) is 2.87. The molecule has 0 aromatic heterocycles. The second-order valence-corrected chi connectivity index (χ2v) is 7.83. The highest BCUT2D eigenvalue weighted by molar-refractivity contribution is 7.89. The largest absolute Gasteiger partial charge is 0.480 e. The van der Waals surface area contributed by atoms with Crippen LogP contribution in [0.2, 0.25) is 0 Å². The summed E-state index contributed by atoms with van der Waals surface area (Å²) >= 11 is 0. The van der Waals surface area contributed by atoms with Crippen LogP contribution in [0.4, 0.5) is 0 Å². The number of sulfonamides is 1. The maximum atomic E-state index is 12.4. The van der Waals surface area contributed by atoms with E-state index >= 15 is 0 Å². The zero-order valence-corrected chi connectivity index (χ0v) is 14.6. The minimum Gasteiger partial charge on any atom is -0.480 e. The fourth-order valence-corrected chi connectivity index (χ4v) is 3.87. The molecular weight excluding hydrogens is 344 g/mol. The lowest BCUT2D eigenvalue weighted by atomic mass is 9.81. The molecule has 136 valence electrons. The Bertz CT molecular complexity index is 750. The first-order valence-electron chi connectivity index (χ1n) is 8.07. The molecule has 0 saturated heterocycles. The molecule has 1 amide bonds. The third-order valence-corrected chi connectivity index (χ3v) is 5.75. The highest BCUT2D eigenvalue weighted by Crippen LogP contribution is 2.29. The van der Waals surface area contributed by atoms with Crippen molar-refractivity contribution < 1.29 is 23.1 Å². The summed E-state index contributed by atoms with van der Waals surface area (Å²) in [7, 11) is -3.66. The standard InChI is InChI=1S/C17H22N2O5S/c1-2-12-18-25(23,24)14-8-6-13(7-9-14)15(20)19-17(16(21)22)10-4-3-5-11-17/h2,6-9,18H,1,3-5,10-12H2,(H,19,20)(H,21,22). The molecule has 25 heavy (non-hydrogen) atoms. The van der Waals surface area contributed by atoms with Crippen molar-refractivity contribution in [2.24, 2.45) is 0 Å². The van der Waals surface area contributed by atoms with Gasteiger partial charge in [-0.05, 0) is 37.1 Å². The minimum atomic E-state index is -3.66. The van der Waals surface area contributed by atoms with E-state index in [9.17, 15) is 23.1 Å². The van der Waals surface area contributed by atoms with Crippen molar-refractivity contribution in [3.05, 3.63) is 42.5 Å². The third-order valence-electron chi connectivity index (χ3n) is 4.31. The number of nitrogens with one attached hydrogen (secondary N) is 2. The summed E-state index contributed by atoms with van der Waals surface area (Å²) in [6, 6.07) is 5.37. The average Bonchev–Trinajstić information content (AvgIpc) is 2.61. The Balaban J connectivity index is 2.15. The Morgan fingerprint density at radius 2 is 1.76 bits per heavy atom. The summed E-state index contributed by atoms with van der Waals surface area (Å²) < 4.78 is 26.3. The van der Waals surface area contributed by atoms with Crippen LogP contribution in [0.25, 0.3) is 0 Å². The topological polar surface area (TPSA) is 113 Å². The van der Waals surface area contributed by atoms with Crippen LogP contribution >= 0.6 is 0 Å². The molecule has 3 N–H and O–H groups in total. The maximum Gasteiger partial charge on any atom is 0.329 e. The fraction of sp³-hybridized carbons (Fsp3) is 0.412. The first-order valence-corrected chi connectivity index (χ1v) is 9.56. The van der Waals surface area contributed by atoms with Crippen molar-refractivity contribution in [3.63, 3.8) is 0 Å². The quantitative estimate of drug-likeness (QED) is 0.636. The zero-order valence-electron chi connectivity index (χ0n) is 13.8. The van der Waals surface area contributed by atoms with Gasteiger partial charge in [0.15, 0.2) is 0 Å². The van der Waals surface area contributed by atoms with E-state index in [4.69, 9.17) is 0 Å². The number of hydrogen-bond acceptors (Lipinski definition) is 4. The highest BCUT2D eigenvalue weighted by atomic mass is 32.2.